The van der Waals surface area contributed by atoms with E-state index in [1.54, 1.807) is 53.1 Å². The van der Waals surface area contributed by atoms with Crippen LogP contribution in [0.5, 0.6) is 0 Å². The zero-order valence-corrected chi connectivity index (χ0v) is 22.5. The molecule has 2 amide bonds. The molecule has 38 heavy (non-hydrogen) atoms. The minimum atomic E-state index is -0.648. The predicted octanol–water partition coefficient (Wildman–Crippen LogP) is 4.44. The van der Waals surface area contributed by atoms with Gasteiger partial charge in [-0.1, -0.05) is 11.8 Å². The zero-order chi connectivity index (χ0) is 27.4. The van der Waals surface area contributed by atoms with E-state index in [1.807, 2.05) is 0 Å². The van der Waals surface area contributed by atoms with Crippen LogP contribution in [0.2, 0.25) is 0 Å². The topological polar surface area (TPSA) is 108 Å². The van der Waals surface area contributed by atoms with Crippen molar-refractivity contribution in [3.8, 4) is 11.8 Å². The van der Waals surface area contributed by atoms with Gasteiger partial charge in [-0.05, 0) is 77.6 Å². The van der Waals surface area contributed by atoms with Gasteiger partial charge in [-0.15, -0.1) is 0 Å². The summed E-state index contributed by atoms with van der Waals surface area (Å²) >= 11 is 0. The van der Waals surface area contributed by atoms with Gasteiger partial charge in [0.2, 0.25) is 11.9 Å². The molecule has 1 aromatic heterocycles. The number of hydrogen-bond donors (Lipinski definition) is 3. The summed E-state index contributed by atoms with van der Waals surface area (Å²) in [6.07, 6.45) is 4.79. The summed E-state index contributed by atoms with van der Waals surface area (Å²) in [6.45, 7) is 7.04. The Morgan fingerprint density at radius 2 is 1.84 bits per heavy atom. The third-order valence-electron chi connectivity index (χ3n) is 6.34. The second kappa shape index (κ2) is 11.3. The normalized spacial score (nSPS) is 19.2. The molecular weight excluding hydrogens is 487 g/mol. The summed E-state index contributed by atoms with van der Waals surface area (Å²) in [5.74, 6) is 7.17. The molecule has 2 saturated carbocycles. The molecule has 0 spiro atoms. The molecule has 0 saturated heterocycles. The molecule has 2 aromatic rings. The number of nitrogens with one attached hydrogen (secondary N) is 3. The smallest absolute Gasteiger partial charge is 0.410 e. The van der Waals surface area contributed by atoms with E-state index in [-0.39, 0.29) is 23.7 Å². The first-order valence-corrected chi connectivity index (χ1v) is 12.9. The molecule has 1 aromatic carbocycles. The summed E-state index contributed by atoms with van der Waals surface area (Å²) in [5, 5.41) is 9.49. The number of nitrogens with zero attached hydrogens (tertiary/aromatic N) is 3. The fraction of sp³-hybridized carbons (Fsp3) is 0.500. The van der Waals surface area contributed by atoms with Crippen molar-refractivity contribution >= 4 is 29.5 Å². The van der Waals surface area contributed by atoms with Crippen LogP contribution in [-0.2, 0) is 9.53 Å². The highest BCUT2D eigenvalue weighted by atomic mass is 19.1. The molecule has 2 fully saturated rings. The minimum absolute atomic E-state index is 0.0129. The average Bonchev–Trinajstić information content (AvgIpc) is 3.64. The van der Waals surface area contributed by atoms with Gasteiger partial charge in [0.25, 0.3) is 0 Å². The Morgan fingerprint density at radius 1 is 1.16 bits per heavy atom. The van der Waals surface area contributed by atoms with Crippen molar-refractivity contribution in [3.63, 3.8) is 0 Å². The van der Waals surface area contributed by atoms with E-state index in [9.17, 15) is 14.0 Å². The first kappa shape index (κ1) is 27.2. The molecule has 2 aliphatic carbocycles. The number of ether oxygens (including phenoxy) is 1. The van der Waals surface area contributed by atoms with Crippen LogP contribution in [0, 0.1) is 23.6 Å². The van der Waals surface area contributed by atoms with Gasteiger partial charge >= 0.3 is 6.09 Å². The van der Waals surface area contributed by atoms with Crippen molar-refractivity contribution in [2.24, 2.45) is 5.92 Å². The van der Waals surface area contributed by atoms with Gasteiger partial charge in [0.1, 0.15) is 23.3 Å². The Hall–Kier alpha value is -3.87. The Balaban J connectivity index is 1.31. The van der Waals surface area contributed by atoms with E-state index in [0.717, 1.165) is 25.7 Å². The van der Waals surface area contributed by atoms with E-state index in [0.29, 0.717) is 29.1 Å². The predicted molar refractivity (Wildman–Crippen MR) is 143 cm³/mol. The second-order valence-corrected chi connectivity index (χ2v) is 10.9. The van der Waals surface area contributed by atoms with E-state index in [4.69, 9.17) is 4.74 Å². The number of carbonyl (C=O) groups is 2. The fourth-order valence-electron chi connectivity index (χ4n) is 3.75. The fourth-order valence-corrected chi connectivity index (χ4v) is 3.75. The lowest BCUT2D eigenvalue weighted by Gasteiger charge is -2.34. The van der Waals surface area contributed by atoms with E-state index >= 15 is 0 Å². The summed E-state index contributed by atoms with van der Waals surface area (Å²) in [6, 6.07) is 5.75. The number of benzene rings is 1. The highest BCUT2D eigenvalue weighted by Crippen LogP contribution is 2.29. The summed E-state index contributed by atoms with van der Waals surface area (Å²) in [7, 11) is 1.56. The maximum Gasteiger partial charge on any atom is 0.410 e. The van der Waals surface area contributed by atoms with Crippen LogP contribution < -0.4 is 16.0 Å². The molecule has 2 aliphatic rings. The number of rotatable bonds is 7. The Labute approximate surface area is 222 Å². The minimum Gasteiger partial charge on any atom is -0.444 e. The number of likely N-dealkylation sites (N-methyl/N-ethyl adjacent to an activating group) is 1. The Kier molecular flexibility index (Phi) is 8.05. The number of hydrogen-bond acceptors (Lipinski definition) is 7. The van der Waals surface area contributed by atoms with Gasteiger partial charge in [-0.2, -0.15) is 4.98 Å². The Morgan fingerprint density at radius 3 is 2.47 bits per heavy atom. The second-order valence-electron chi connectivity index (χ2n) is 10.9. The van der Waals surface area contributed by atoms with Crippen LogP contribution >= 0.6 is 0 Å². The quantitative estimate of drug-likeness (QED) is 0.462. The third kappa shape index (κ3) is 7.57. The van der Waals surface area contributed by atoms with Crippen molar-refractivity contribution in [1.82, 2.24) is 20.2 Å². The lowest BCUT2D eigenvalue weighted by molar-refractivity contribution is -0.126. The monoisotopic (exact) mass is 522 g/mol. The van der Waals surface area contributed by atoms with Crippen LogP contribution in [0.25, 0.3) is 0 Å². The maximum absolute atomic E-state index is 13.2. The third-order valence-corrected chi connectivity index (χ3v) is 6.34. The molecule has 202 valence electrons. The first-order valence-electron chi connectivity index (χ1n) is 12.9. The van der Waals surface area contributed by atoms with Crippen LogP contribution in [0.3, 0.4) is 0 Å². The van der Waals surface area contributed by atoms with E-state index in [1.165, 1.54) is 17.0 Å². The molecule has 9 nitrogen and oxygen atoms in total. The molecule has 0 aliphatic heterocycles. The highest BCUT2D eigenvalue weighted by molar-refractivity contribution is 5.85. The van der Waals surface area contributed by atoms with Crippen molar-refractivity contribution in [2.45, 2.75) is 77.1 Å². The van der Waals surface area contributed by atoms with Gasteiger partial charge < -0.3 is 20.7 Å². The van der Waals surface area contributed by atoms with Gasteiger partial charge in [-0.25, -0.2) is 14.2 Å². The van der Waals surface area contributed by atoms with E-state index in [2.05, 4.69) is 37.8 Å². The van der Waals surface area contributed by atoms with Gasteiger partial charge in [0.15, 0.2) is 0 Å². The molecular formula is C28H35FN6O3. The van der Waals surface area contributed by atoms with Gasteiger partial charge in [0.05, 0.1) is 11.8 Å². The number of halogens is 1. The molecule has 1 atom stereocenters. The van der Waals surface area contributed by atoms with Gasteiger partial charge in [-0.3, -0.25) is 9.69 Å². The molecule has 10 heteroatoms. The van der Waals surface area contributed by atoms with E-state index < -0.39 is 17.7 Å². The molecule has 4 rings (SSSR count). The lowest BCUT2D eigenvalue weighted by atomic mass is 9.80. The summed E-state index contributed by atoms with van der Waals surface area (Å²) in [5.41, 5.74) is 0.776. The highest BCUT2D eigenvalue weighted by Gasteiger charge is 2.33. The number of aromatic nitrogens is 2. The van der Waals surface area contributed by atoms with Crippen molar-refractivity contribution in [2.75, 3.05) is 17.7 Å². The van der Waals surface area contributed by atoms with Gasteiger partial charge in [0, 0.05) is 30.7 Å². The number of anilines is 3. The molecule has 0 bridgehead atoms. The SMILES string of the molecule is C[C@@H](C(=O)NC1CC(C#Cc2cnc(Nc3ccc(F)cc3)nc2NC2CC2)C1)N(C)C(=O)OC(C)(C)C. The standard InChI is InChI=1S/C28H35FN6O3/c1-17(35(5)27(37)38-28(2,3)4)25(36)32-23-14-18(15-23)6-7-19-16-30-26(34-24(19)31-21-12-13-21)33-22-10-8-20(29)9-11-22/h8-11,16-18,21,23H,12-15H2,1-5H3,(H,32,36)(H2,30,31,33,34)/t17-,18?,23?/m0/s1. The largest absolute Gasteiger partial charge is 0.444 e. The van der Waals surface area contributed by atoms with Crippen molar-refractivity contribution in [1.29, 1.82) is 0 Å². The molecule has 0 radical (unpaired) electrons. The summed E-state index contributed by atoms with van der Waals surface area (Å²) in [4.78, 5) is 35.1. The van der Waals surface area contributed by atoms with Crippen LogP contribution in [0.15, 0.2) is 30.5 Å². The Bertz CT molecular complexity index is 1220. The van der Waals surface area contributed by atoms with Crippen LogP contribution in [0.4, 0.5) is 26.6 Å². The zero-order valence-electron chi connectivity index (χ0n) is 22.5. The average molecular weight is 523 g/mol. The maximum atomic E-state index is 13.2. The molecule has 1 heterocycles. The van der Waals surface area contributed by atoms with Crippen LogP contribution in [-0.4, -0.2) is 57.6 Å². The summed E-state index contributed by atoms with van der Waals surface area (Å²) < 4.78 is 18.5. The number of carbonyl (C=O) groups excluding carboxylic acids is 2. The molecule has 0 unspecified atom stereocenters. The first-order chi connectivity index (χ1) is 18.0. The van der Waals surface area contributed by atoms with Crippen LogP contribution in [0.1, 0.15) is 58.9 Å². The van der Waals surface area contributed by atoms with Crippen molar-refractivity contribution < 1.29 is 18.7 Å². The molecule has 3 N–H and O–H groups in total. The van der Waals surface area contributed by atoms with Crippen molar-refractivity contribution in [3.05, 3.63) is 41.8 Å². The lowest BCUT2D eigenvalue weighted by Crippen LogP contribution is -2.52. The number of amides is 2.